The molecule has 0 saturated carbocycles. The highest BCUT2D eigenvalue weighted by molar-refractivity contribution is 5.76. The highest BCUT2D eigenvalue weighted by Crippen LogP contribution is 2.27. The van der Waals surface area contributed by atoms with Gasteiger partial charge in [0.2, 0.25) is 5.91 Å². The van der Waals surface area contributed by atoms with Crippen LogP contribution in [0.25, 0.3) is 0 Å². The summed E-state index contributed by atoms with van der Waals surface area (Å²) >= 11 is 0. The quantitative estimate of drug-likeness (QED) is 0.643. The van der Waals surface area contributed by atoms with E-state index in [4.69, 9.17) is 9.47 Å². The molecule has 0 atom stereocenters. The molecule has 5 nitrogen and oxygen atoms in total. The Morgan fingerprint density at radius 3 is 2.50 bits per heavy atom. The van der Waals surface area contributed by atoms with Crippen molar-refractivity contribution in [2.24, 2.45) is 0 Å². The fourth-order valence-electron chi connectivity index (χ4n) is 2.69. The Bertz CT molecular complexity index is 716. The van der Waals surface area contributed by atoms with Crippen molar-refractivity contribution in [1.29, 1.82) is 0 Å². The molecule has 0 bridgehead atoms. The number of amides is 1. The van der Waals surface area contributed by atoms with Gasteiger partial charge in [0.25, 0.3) is 0 Å². The van der Waals surface area contributed by atoms with Gasteiger partial charge in [-0.2, -0.15) is 0 Å². The molecule has 0 aliphatic heterocycles. The molecule has 140 valence electrons. The highest BCUT2D eigenvalue weighted by atomic mass is 16.5. The third kappa shape index (κ3) is 6.08. The van der Waals surface area contributed by atoms with Crippen LogP contribution in [-0.4, -0.2) is 33.2 Å². The second-order valence-corrected chi connectivity index (χ2v) is 6.14. The molecule has 0 aliphatic rings. The van der Waals surface area contributed by atoms with Gasteiger partial charge in [-0.05, 0) is 48.7 Å². The van der Waals surface area contributed by atoms with E-state index in [1.54, 1.807) is 14.2 Å². The number of carbonyl (C=O) groups is 1. The van der Waals surface area contributed by atoms with E-state index in [1.165, 1.54) is 11.1 Å². The topological polar surface area (TPSA) is 59.6 Å². The zero-order valence-corrected chi connectivity index (χ0v) is 15.8. The average Bonchev–Trinajstić information content (AvgIpc) is 2.66. The van der Waals surface area contributed by atoms with E-state index >= 15 is 0 Å². The van der Waals surface area contributed by atoms with Crippen molar-refractivity contribution in [2.75, 3.05) is 27.3 Å². The largest absolute Gasteiger partial charge is 0.493 e. The van der Waals surface area contributed by atoms with Crippen molar-refractivity contribution < 1.29 is 14.3 Å². The van der Waals surface area contributed by atoms with Gasteiger partial charge in [-0.3, -0.25) is 4.79 Å². The van der Waals surface area contributed by atoms with Crippen molar-refractivity contribution in [1.82, 2.24) is 10.6 Å². The summed E-state index contributed by atoms with van der Waals surface area (Å²) in [5, 5.41) is 6.27. The maximum atomic E-state index is 11.9. The maximum Gasteiger partial charge on any atom is 0.221 e. The summed E-state index contributed by atoms with van der Waals surface area (Å²) in [7, 11) is 3.26. The van der Waals surface area contributed by atoms with Crippen LogP contribution in [0.4, 0.5) is 0 Å². The lowest BCUT2D eigenvalue weighted by atomic mass is 10.1. The Morgan fingerprint density at radius 1 is 1.00 bits per heavy atom. The minimum atomic E-state index is 0.0619. The lowest BCUT2D eigenvalue weighted by molar-refractivity contribution is -0.121. The van der Waals surface area contributed by atoms with Crippen molar-refractivity contribution in [3.05, 3.63) is 59.2 Å². The van der Waals surface area contributed by atoms with Crippen LogP contribution in [0.1, 0.15) is 23.1 Å². The van der Waals surface area contributed by atoms with Crippen LogP contribution in [-0.2, 0) is 17.8 Å². The third-order valence-corrected chi connectivity index (χ3v) is 4.30. The molecule has 26 heavy (non-hydrogen) atoms. The minimum Gasteiger partial charge on any atom is -0.493 e. The number of aryl methyl sites for hydroxylation is 1. The van der Waals surface area contributed by atoms with Gasteiger partial charge in [-0.25, -0.2) is 0 Å². The van der Waals surface area contributed by atoms with E-state index in [2.05, 4.69) is 23.6 Å². The summed E-state index contributed by atoms with van der Waals surface area (Å²) in [5.74, 6) is 1.53. The van der Waals surface area contributed by atoms with Gasteiger partial charge in [0.15, 0.2) is 11.5 Å². The van der Waals surface area contributed by atoms with Gasteiger partial charge in [-0.15, -0.1) is 0 Å². The predicted octanol–water partition coefficient (Wildman–Crippen LogP) is 2.85. The van der Waals surface area contributed by atoms with Crippen LogP contribution >= 0.6 is 0 Å². The molecular weight excluding hydrogens is 328 g/mol. The summed E-state index contributed by atoms with van der Waals surface area (Å²) in [4.78, 5) is 11.9. The fraction of sp³-hybridized carbons (Fsp3) is 0.381. The first kappa shape index (κ1) is 19.8. The number of benzene rings is 2. The molecule has 2 aromatic rings. The van der Waals surface area contributed by atoms with Gasteiger partial charge in [0.05, 0.1) is 14.2 Å². The SMILES string of the molecule is COc1ccc(CCNCCC(=O)NCc2ccccc2C)cc1OC. The first-order valence-electron chi connectivity index (χ1n) is 8.87. The molecule has 0 saturated heterocycles. The molecule has 0 fully saturated rings. The van der Waals surface area contributed by atoms with Gasteiger partial charge in [0, 0.05) is 19.5 Å². The molecule has 5 heteroatoms. The Labute approximate surface area is 155 Å². The minimum absolute atomic E-state index is 0.0619. The third-order valence-electron chi connectivity index (χ3n) is 4.30. The zero-order chi connectivity index (χ0) is 18.8. The second kappa shape index (κ2) is 10.5. The van der Waals surface area contributed by atoms with E-state index in [-0.39, 0.29) is 5.91 Å². The molecule has 2 N–H and O–H groups in total. The van der Waals surface area contributed by atoms with Crippen LogP contribution in [0.3, 0.4) is 0 Å². The number of rotatable bonds is 10. The molecule has 0 radical (unpaired) electrons. The second-order valence-electron chi connectivity index (χ2n) is 6.14. The molecule has 2 aromatic carbocycles. The Morgan fingerprint density at radius 2 is 1.77 bits per heavy atom. The van der Waals surface area contributed by atoms with Gasteiger partial charge in [0.1, 0.15) is 0 Å². The number of ether oxygens (including phenoxy) is 2. The summed E-state index contributed by atoms with van der Waals surface area (Å²) in [6.07, 6.45) is 1.34. The molecule has 1 amide bonds. The van der Waals surface area contributed by atoms with Gasteiger partial charge >= 0.3 is 0 Å². The van der Waals surface area contributed by atoms with Crippen LogP contribution in [0.5, 0.6) is 11.5 Å². The van der Waals surface area contributed by atoms with Gasteiger partial charge in [-0.1, -0.05) is 30.3 Å². The van der Waals surface area contributed by atoms with E-state index in [0.717, 1.165) is 30.0 Å². The smallest absolute Gasteiger partial charge is 0.221 e. The molecule has 0 unspecified atom stereocenters. The molecule has 0 spiro atoms. The van der Waals surface area contributed by atoms with E-state index < -0.39 is 0 Å². The number of hydrogen-bond acceptors (Lipinski definition) is 4. The maximum absolute atomic E-state index is 11.9. The summed E-state index contributed by atoms with van der Waals surface area (Å²) in [5.41, 5.74) is 3.52. The molecule has 2 rings (SSSR count). The van der Waals surface area contributed by atoms with Crippen LogP contribution < -0.4 is 20.1 Å². The fourth-order valence-corrected chi connectivity index (χ4v) is 2.69. The van der Waals surface area contributed by atoms with Crippen molar-refractivity contribution in [3.8, 4) is 11.5 Å². The number of methoxy groups -OCH3 is 2. The summed E-state index contributed by atoms with van der Waals surface area (Å²) < 4.78 is 10.5. The standard InChI is InChI=1S/C21H28N2O3/c1-16-6-4-5-7-18(16)15-23-21(24)11-13-22-12-10-17-8-9-19(25-2)20(14-17)26-3/h4-9,14,22H,10-13,15H2,1-3H3,(H,23,24). The number of hydrogen-bond donors (Lipinski definition) is 2. The van der Waals surface area contributed by atoms with Crippen LogP contribution in [0.15, 0.2) is 42.5 Å². The highest BCUT2D eigenvalue weighted by Gasteiger charge is 2.05. The lowest BCUT2D eigenvalue weighted by Crippen LogP contribution is -2.28. The van der Waals surface area contributed by atoms with Crippen LogP contribution in [0, 0.1) is 6.92 Å². The first-order valence-corrected chi connectivity index (χ1v) is 8.87. The summed E-state index contributed by atoms with van der Waals surface area (Å²) in [6.45, 7) is 4.10. The Kier molecular flexibility index (Phi) is 7.96. The van der Waals surface area contributed by atoms with Crippen LogP contribution in [0.2, 0.25) is 0 Å². The van der Waals surface area contributed by atoms with Crippen molar-refractivity contribution in [2.45, 2.75) is 26.3 Å². The molecule has 0 heterocycles. The van der Waals surface area contributed by atoms with Gasteiger partial charge < -0.3 is 20.1 Å². The monoisotopic (exact) mass is 356 g/mol. The molecular formula is C21H28N2O3. The van der Waals surface area contributed by atoms with Crippen molar-refractivity contribution >= 4 is 5.91 Å². The molecule has 0 aromatic heterocycles. The molecule has 0 aliphatic carbocycles. The normalized spacial score (nSPS) is 10.4. The predicted molar refractivity (Wildman–Crippen MR) is 104 cm³/mol. The number of nitrogens with one attached hydrogen (secondary N) is 2. The first-order chi connectivity index (χ1) is 12.6. The van der Waals surface area contributed by atoms with Crippen molar-refractivity contribution in [3.63, 3.8) is 0 Å². The zero-order valence-electron chi connectivity index (χ0n) is 15.8. The van der Waals surface area contributed by atoms with E-state index in [0.29, 0.717) is 19.5 Å². The Balaban J connectivity index is 1.64. The van der Waals surface area contributed by atoms with E-state index in [1.807, 2.05) is 36.4 Å². The number of carbonyl (C=O) groups excluding carboxylic acids is 1. The lowest BCUT2D eigenvalue weighted by Gasteiger charge is -2.10. The summed E-state index contributed by atoms with van der Waals surface area (Å²) in [6, 6.07) is 14.0. The van der Waals surface area contributed by atoms with E-state index in [9.17, 15) is 4.79 Å². The Hall–Kier alpha value is -2.53. The average molecular weight is 356 g/mol.